The summed E-state index contributed by atoms with van der Waals surface area (Å²) in [6, 6.07) is 10.6. The molecule has 2 rings (SSSR count). The van der Waals surface area contributed by atoms with Gasteiger partial charge in [0.15, 0.2) is 0 Å². The maximum atomic E-state index is 11.6. The van der Waals surface area contributed by atoms with E-state index in [0.29, 0.717) is 11.4 Å². The maximum Gasteiger partial charge on any atom is 0.227 e. The standard InChI is InChI=1S/C14H12N4O/c15-7-10(8-16)9-17-12-2-1-3-13(6-12)18-14(19)11-4-5-11/h1-3,6,9,11,17H,4-5H2,(H,18,19). The second-order valence-corrected chi connectivity index (χ2v) is 4.27. The molecule has 1 aliphatic rings. The Morgan fingerprint density at radius 1 is 1.26 bits per heavy atom. The largest absolute Gasteiger partial charge is 0.360 e. The van der Waals surface area contributed by atoms with Crippen molar-refractivity contribution in [3.8, 4) is 12.1 Å². The molecular weight excluding hydrogens is 240 g/mol. The lowest BCUT2D eigenvalue weighted by Gasteiger charge is -2.06. The van der Waals surface area contributed by atoms with Crippen LogP contribution >= 0.6 is 0 Å². The lowest BCUT2D eigenvalue weighted by atomic mass is 10.2. The highest BCUT2D eigenvalue weighted by Crippen LogP contribution is 2.30. The summed E-state index contributed by atoms with van der Waals surface area (Å²) in [5.74, 6) is 0.197. The summed E-state index contributed by atoms with van der Waals surface area (Å²) in [6.45, 7) is 0. The summed E-state index contributed by atoms with van der Waals surface area (Å²) in [7, 11) is 0. The molecule has 5 heteroatoms. The van der Waals surface area contributed by atoms with Crippen LogP contribution in [-0.2, 0) is 4.79 Å². The van der Waals surface area contributed by atoms with Gasteiger partial charge >= 0.3 is 0 Å². The van der Waals surface area contributed by atoms with Gasteiger partial charge in [0.1, 0.15) is 17.7 Å². The first-order chi connectivity index (χ1) is 9.22. The monoisotopic (exact) mass is 252 g/mol. The predicted molar refractivity (Wildman–Crippen MR) is 70.7 cm³/mol. The van der Waals surface area contributed by atoms with E-state index in [-0.39, 0.29) is 17.4 Å². The van der Waals surface area contributed by atoms with Gasteiger partial charge in [-0.1, -0.05) is 6.07 Å². The second-order valence-electron chi connectivity index (χ2n) is 4.27. The molecule has 0 bridgehead atoms. The first-order valence-electron chi connectivity index (χ1n) is 5.91. The molecule has 1 aliphatic carbocycles. The van der Waals surface area contributed by atoms with Crippen LogP contribution in [0.15, 0.2) is 36.0 Å². The Morgan fingerprint density at radius 2 is 1.95 bits per heavy atom. The van der Waals surface area contributed by atoms with Gasteiger partial charge < -0.3 is 10.6 Å². The van der Waals surface area contributed by atoms with E-state index < -0.39 is 0 Å². The highest BCUT2D eigenvalue weighted by molar-refractivity contribution is 5.94. The summed E-state index contributed by atoms with van der Waals surface area (Å²) in [6.07, 6.45) is 3.25. The number of nitrogens with one attached hydrogen (secondary N) is 2. The number of carbonyl (C=O) groups is 1. The molecule has 1 aromatic rings. The summed E-state index contributed by atoms with van der Waals surface area (Å²) < 4.78 is 0. The number of allylic oxidation sites excluding steroid dienone is 1. The predicted octanol–water partition coefficient (Wildman–Crippen LogP) is 2.38. The van der Waals surface area contributed by atoms with Crippen molar-refractivity contribution in [3.05, 3.63) is 36.0 Å². The number of hydrogen-bond acceptors (Lipinski definition) is 4. The van der Waals surface area contributed by atoms with Crippen LogP contribution in [0.5, 0.6) is 0 Å². The first kappa shape index (κ1) is 12.7. The van der Waals surface area contributed by atoms with Crippen LogP contribution in [0.2, 0.25) is 0 Å². The third kappa shape index (κ3) is 3.58. The lowest BCUT2D eigenvalue weighted by Crippen LogP contribution is -2.13. The molecule has 1 aromatic carbocycles. The summed E-state index contributed by atoms with van der Waals surface area (Å²) in [5.41, 5.74) is 1.40. The average Bonchev–Trinajstić information content (AvgIpc) is 3.25. The van der Waals surface area contributed by atoms with Crippen molar-refractivity contribution in [1.29, 1.82) is 10.5 Å². The van der Waals surface area contributed by atoms with E-state index in [0.717, 1.165) is 12.8 Å². The van der Waals surface area contributed by atoms with Crippen LogP contribution < -0.4 is 10.6 Å². The van der Waals surface area contributed by atoms with Crippen molar-refractivity contribution in [2.45, 2.75) is 12.8 Å². The van der Waals surface area contributed by atoms with Crippen LogP contribution in [0.1, 0.15) is 12.8 Å². The number of hydrogen-bond donors (Lipinski definition) is 2. The number of amides is 1. The Bertz CT molecular complexity index is 587. The van der Waals surface area contributed by atoms with Crippen molar-refractivity contribution in [2.24, 2.45) is 5.92 Å². The van der Waals surface area contributed by atoms with E-state index >= 15 is 0 Å². The molecule has 0 spiro atoms. The van der Waals surface area contributed by atoms with E-state index in [2.05, 4.69) is 10.6 Å². The fourth-order valence-corrected chi connectivity index (χ4v) is 1.52. The molecule has 0 aromatic heterocycles. The van der Waals surface area contributed by atoms with Crippen LogP contribution in [0.3, 0.4) is 0 Å². The van der Waals surface area contributed by atoms with Gasteiger partial charge in [0.2, 0.25) is 5.91 Å². The fraction of sp³-hybridized carbons (Fsp3) is 0.214. The minimum absolute atomic E-state index is 0.00702. The van der Waals surface area contributed by atoms with Gasteiger partial charge in [-0.3, -0.25) is 4.79 Å². The lowest BCUT2D eigenvalue weighted by molar-refractivity contribution is -0.117. The number of nitrogens with zero attached hydrogens (tertiary/aromatic N) is 2. The Balaban J connectivity index is 2.03. The molecule has 1 fully saturated rings. The third-order valence-electron chi connectivity index (χ3n) is 2.70. The zero-order valence-electron chi connectivity index (χ0n) is 10.2. The minimum atomic E-state index is -0.00702. The van der Waals surface area contributed by atoms with Crippen LogP contribution in [-0.4, -0.2) is 5.91 Å². The van der Waals surface area contributed by atoms with Crippen LogP contribution in [0, 0.1) is 28.6 Å². The highest BCUT2D eigenvalue weighted by Gasteiger charge is 2.29. The molecular formula is C14H12N4O. The smallest absolute Gasteiger partial charge is 0.227 e. The van der Waals surface area contributed by atoms with Crippen molar-refractivity contribution in [3.63, 3.8) is 0 Å². The van der Waals surface area contributed by atoms with Gasteiger partial charge in [-0.2, -0.15) is 10.5 Å². The Labute approximate surface area is 111 Å². The highest BCUT2D eigenvalue weighted by atomic mass is 16.2. The molecule has 1 saturated carbocycles. The molecule has 0 unspecified atom stereocenters. The van der Waals surface area contributed by atoms with Gasteiger partial charge in [0, 0.05) is 23.5 Å². The Morgan fingerprint density at radius 3 is 2.58 bits per heavy atom. The zero-order chi connectivity index (χ0) is 13.7. The molecule has 2 N–H and O–H groups in total. The first-order valence-corrected chi connectivity index (χ1v) is 5.91. The molecule has 1 amide bonds. The van der Waals surface area contributed by atoms with E-state index in [9.17, 15) is 4.79 Å². The Hall–Kier alpha value is -2.79. The van der Waals surface area contributed by atoms with E-state index in [4.69, 9.17) is 10.5 Å². The number of rotatable bonds is 4. The third-order valence-corrected chi connectivity index (χ3v) is 2.70. The molecule has 0 aliphatic heterocycles. The van der Waals surface area contributed by atoms with Gasteiger partial charge in [0.25, 0.3) is 0 Å². The van der Waals surface area contributed by atoms with Crippen molar-refractivity contribution in [2.75, 3.05) is 10.6 Å². The summed E-state index contributed by atoms with van der Waals surface area (Å²) >= 11 is 0. The van der Waals surface area contributed by atoms with E-state index in [1.165, 1.54) is 6.20 Å². The molecule has 94 valence electrons. The maximum absolute atomic E-state index is 11.6. The number of carbonyl (C=O) groups excluding carboxylic acids is 1. The molecule has 0 atom stereocenters. The van der Waals surface area contributed by atoms with E-state index in [1.54, 1.807) is 36.4 Å². The van der Waals surface area contributed by atoms with Crippen LogP contribution in [0.4, 0.5) is 11.4 Å². The molecule has 0 saturated heterocycles. The Kier molecular flexibility index (Phi) is 3.80. The van der Waals surface area contributed by atoms with Gasteiger partial charge in [-0.15, -0.1) is 0 Å². The number of anilines is 2. The number of benzene rings is 1. The fourth-order valence-electron chi connectivity index (χ4n) is 1.52. The number of nitriles is 2. The normalized spacial score (nSPS) is 12.7. The van der Waals surface area contributed by atoms with Crippen molar-refractivity contribution >= 4 is 17.3 Å². The van der Waals surface area contributed by atoms with Gasteiger partial charge in [-0.25, -0.2) is 0 Å². The van der Waals surface area contributed by atoms with E-state index in [1.807, 2.05) is 0 Å². The topological polar surface area (TPSA) is 88.7 Å². The molecule has 0 radical (unpaired) electrons. The summed E-state index contributed by atoms with van der Waals surface area (Å²) in [4.78, 5) is 11.6. The van der Waals surface area contributed by atoms with Crippen molar-refractivity contribution < 1.29 is 4.79 Å². The molecule has 0 heterocycles. The van der Waals surface area contributed by atoms with Gasteiger partial charge in [-0.05, 0) is 31.0 Å². The minimum Gasteiger partial charge on any atom is -0.360 e. The molecule has 5 nitrogen and oxygen atoms in total. The zero-order valence-corrected chi connectivity index (χ0v) is 10.2. The quantitative estimate of drug-likeness (QED) is 0.805. The second kappa shape index (κ2) is 5.70. The van der Waals surface area contributed by atoms with Crippen molar-refractivity contribution in [1.82, 2.24) is 0 Å². The molecule has 19 heavy (non-hydrogen) atoms. The average molecular weight is 252 g/mol. The van der Waals surface area contributed by atoms with Crippen LogP contribution in [0.25, 0.3) is 0 Å². The summed E-state index contributed by atoms with van der Waals surface area (Å²) in [5, 5.41) is 22.9. The van der Waals surface area contributed by atoms with Gasteiger partial charge in [0.05, 0.1) is 0 Å². The SMILES string of the molecule is N#CC(C#N)=CNc1cccc(NC(=O)C2CC2)c1.